The number of amides is 1. The van der Waals surface area contributed by atoms with E-state index in [1.807, 2.05) is 0 Å². The predicted molar refractivity (Wildman–Crippen MR) is 93.2 cm³/mol. The molecule has 136 valence electrons. The molecule has 0 spiro atoms. The molecule has 7 heteroatoms. The highest BCUT2D eigenvalue weighted by Crippen LogP contribution is 2.34. The molecule has 1 aromatic rings. The Morgan fingerprint density at radius 3 is 2.64 bits per heavy atom. The quantitative estimate of drug-likeness (QED) is 0.857. The molecule has 0 radical (unpaired) electrons. The molecule has 1 aromatic carbocycles. The zero-order valence-electron chi connectivity index (χ0n) is 14.7. The van der Waals surface area contributed by atoms with Gasteiger partial charge in [0.1, 0.15) is 11.2 Å². The van der Waals surface area contributed by atoms with Gasteiger partial charge in [-0.05, 0) is 39.3 Å². The molecular formula is C18H22ClNO5. The van der Waals surface area contributed by atoms with Gasteiger partial charge in [0, 0.05) is 5.02 Å². The zero-order chi connectivity index (χ0) is 18.6. The Labute approximate surface area is 152 Å². The van der Waals surface area contributed by atoms with Gasteiger partial charge in [0.05, 0.1) is 12.6 Å². The van der Waals surface area contributed by atoms with Crippen LogP contribution < -0.4 is 5.32 Å². The maximum Gasteiger partial charge on any atom is 0.408 e. The van der Waals surface area contributed by atoms with Gasteiger partial charge in [-0.3, -0.25) is 4.79 Å². The highest BCUT2D eigenvalue weighted by atomic mass is 35.5. The lowest BCUT2D eigenvalue weighted by atomic mass is 9.97. The molecule has 2 rings (SSSR count). The second-order valence-corrected chi connectivity index (χ2v) is 6.85. The third-order valence-electron chi connectivity index (χ3n) is 3.30. The summed E-state index contributed by atoms with van der Waals surface area (Å²) >= 11 is 6.28. The van der Waals surface area contributed by atoms with Crippen molar-refractivity contribution in [2.24, 2.45) is 0 Å². The number of rotatable bonds is 5. The summed E-state index contributed by atoms with van der Waals surface area (Å²) in [6, 6.07) is 6.11. The molecule has 1 aliphatic rings. The SMILES string of the molecule is CCOC1=C([C@@H](NC(=O)OC(C)(C)C)c2ccccc2Cl)C(=O)CO1. The first-order valence-electron chi connectivity index (χ1n) is 8.00. The van der Waals surface area contributed by atoms with E-state index in [9.17, 15) is 9.59 Å². The van der Waals surface area contributed by atoms with Crippen molar-refractivity contribution in [3.8, 4) is 0 Å². The van der Waals surface area contributed by atoms with Crippen molar-refractivity contribution >= 4 is 23.5 Å². The van der Waals surface area contributed by atoms with Crippen LogP contribution in [0.1, 0.15) is 39.3 Å². The first-order chi connectivity index (χ1) is 11.7. The normalized spacial score (nSPS) is 15.6. The molecule has 0 aliphatic carbocycles. The number of benzene rings is 1. The monoisotopic (exact) mass is 367 g/mol. The van der Waals surface area contributed by atoms with Crippen molar-refractivity contribution in [3.63, 3.8) is 0 Å². The minimum atomic E-state index is -0.833. The van der Waals surface area contributed by atoms with Crippen LogP contribution in [0.4, 0.5) is 4.79 Å². The van der Waals surface area contributed by atoms with Crippen LogP contribution in [0.15, 0.2) is 35.8 Å². The number of ether oxygens (including phenoxy) is 3. The molecule has 1 amide bonds. The fourth-order valence-electron chi connectivity index (χ4n) is 2.37. The number of carbonyl (C=O) groups excluding carboxylic acids is 2. The first kappa shape index (κ1) is 19.1. The van der Waals surface area contributed by atoms with Gasteiger partial charge in [0.15, 0.2) is 6.61 Å². The number of carbonyl (C=O) groups is 2. The maximum atomic E-state index is 12.4. The highest BCUT2D eigenvalue weighted by molar-refractivity contribution is 6.31. The molecule has 1 atom stereocenters. The fraction of sp³-hybridized carbons (Fsp3) is 0.444. The van der Waals surface area contributed by atoms with Crippen LogP contribution in [0, 0.1) is 0 Å². The molecule has 6 nitrogen and oxygen atoms in total. The molecule has 1 N–H and O–H groups in total. The van der Waals surface area contributed by atoms with E-state index in [0.717, 1.165) is 0 Å². The van der Waals surface area contributed by atoms with Gasteiger partial charge in [-0.25, -0.2) is 4.79 Å². The van der Waals surface area contributed by atoms with Crippen LogP contribution >= 0.6 is 11.6 Å². The highest BCUT2D eigenvalue weighted by Gasteiger charge is 2.36. The molecule has 0 aromatic heterocycles. The van der Waals surface area contributed by atoms with Crippen molar-refractivity contribution < 1.29 is 23.8 Å². The fourth-order valence-corrected chi connectivity index (χ4v) is 2.61. The molecule has 0 saturated heterocycles. The van der Waals surface area contributed by atoms with Crippen molar-refractivity contribution in [1.82, 2.24) is 5.32 Å². The van der Waals surface area contributed by atoms with Gasteiger partial charge in [0.25, 0.3) is 5.95 Å². The van der Waals surface area contributed by atoms with Gasteiger partial charge in [-0.1, -0.05) is 29.8 Å². The van der Waals surface area contributed by atoms with Gasteiger partial charge >= 0.3 is 6.09 Å². The second-order valence-electron chi connectivity index (χ2n) is 6.45. The molecule has 1 heterocycles. The van der Waals surface area contributed by atoms with Crippen molar-refractivity contribution in [1.29, 1.82) is 0 Å². The number of nitrogens with one attached hydrogen (secondary N) is 1. The van der Waals surface area contributed by atoms with Gasteiger partial charge < -0.3 is 19.5 Å². The van der Waals surface area contributed by atoms with E-state index < -0.39 is 17.7 Å². The minimum absolute atomic E-state index is 0.105. The van der Waals surface area contributed by atoms with Crippen LogP contribution in [0.5, 0.6) is 0 Å². The zero-order valence-corrected chi connectivity index (χ0v) is 15.5. The standard InChI is InChI=1S/C18H22ClNO5/c1-5-23-16-14(13(21)10-24-16)15(11-8-6-7-9-12(11)19)20-17(22)25-18(2,3)4/h6-9,15H,5,10H2,1-4H3,(H,20,22)/t15-/m0/s1. The van der Waals surface area contributed by atoms with Crippen molar-refractivity contribution in [2.45, 2.75) is 39.3 Å². The second kappa shape index (κ2) is 7.78. The Morgan fingerprint density at radius 2 is 2.04 bits per heavy atom. The number of alkyl carbamates (subject to hydrolysis) is 1. The molecule has 1 aliphatic heterocycles. The maximum absolute atomic E-state index is 12.4. The Morgan fingerprint density at radius 1 is 1.36 bits per heavy atom. The van der Waals surface area contributed by atoms with E-state index in [2.05, 4.69) is 5.32 Å². The average molecular weight is 368 g/mol. The summed E-state index contributed by atoms with van der Waals surface area (Å²) < 4.78 is 16.0. The summed E-state index contributed by atoms with van der Waals surface area (Å²) in [6.45, 7) is 7.24. The predicted octanol–water partition coefficient (Wildman–Crippen LogP) is 3.75. The average Bonchev–Trinajstić information content (AvgIpc) is 2.85. The molecule has 0 bridgehead atoms. The van der Waals surface area contributed by atoms with Gasteiger partial charge in [0.2, 0.25) is 5.78 Å². The van der Waals surface area contributed by atoms with E-state index in [1.165, 1.54) is 0 Å². The summed E-state index contributed by atoms with van der Waals surface area (Å²) in [5.74, 6) is -0.169. The Balaban J connectivity index is 2.43. The topological polar surface area (TPSA) is 73.9 Å². The van der Waals surface area contributed by atoms with Crippen LogP contribution in [0.3, 0.4) is 0 Å². The summed E-state index contributed by atoms with van der Waals surface area (Å²) in [4.78, 5) is 24.6. The van der Waals surface area contributed by atoms with E-state index in [4.69, 9.17) is 25.8 Å². The van der Waals surface area contributed by atoms with Crippen LogP contribution in [-0.4, -0.2) is 30.7 Å². The Hall–Kier alpha value is -2.21. The summed E-state index contributed by atoms with van der Waals surface area (Å²) in [6.07, 6.45) is -0.666. The van der Waals surface area contributed by atoms with Crippen LogP contribution in [0.2, 0.25) is 5.02 Å². The van der Waals surface area contributed by atoms with Gasteiger partial charge in [-0.2, -0.15) is 0 Å². The number of hydrogen-bond donors (Lipinski definition) is 1. The van der Waals surface area contributed by atoms with Gasteiger partial charge in [-0.15, -0.1) is 0 Å². The molecule has 0 fully saturated rings. The lowest BCUT2D eigenvalue weighted by Gasteiger charge is -2.24. The number of halogens is 1. The third-order valence-corrected chi connectivity index (χ3v) is 3.64. The lowest BCUT2D eigenvalue weighted by molar-refractivity contribution is -0.117. The van der Waals surface area contributed by atoms with E-state index in [-0.39, 0.29) is 23.9 Å². The van der Waals surface area contributed by atoms with E-state index in [1.54, 1.807) is 52.0 Å². The van der Waals surface area contributed by atoms with E-state index >= 15 is 0 Å². The summed E-state index contributed by atoms with van der Waals surface area (Å²) in [5, 5.41) is 3.12. The minimum Gasteiger partial charge on any atom is -0.465 e. The lowest BCUT2D eigenvalue weighted by Crippen LogP contribution is -2.37. The molecular weight excluding hydrogens is 346 g/mol. The summed E-state index contributed by atoms with van der Waals surface area (Å²) in [5.41, 5.74) is 0.101. The molecule has 25 heavy (non-hydrogen) atoms. The number of Topliss-reactive ketones (excluding diaryl/α,β-unsaturated/α-hetero) is 1. The smallest absolute Gasteiger partial charge is 0.408 e. The van der Waals surface area contributed by atoms with Crippen LogP contribution in [0.25, 0.3) is 0 Å². The molecule has 0 saturated carbocycles. The van der Waals surface area contributed by atoms with Crippen molar-refractivity contribution in [3.05, 3.63) is 46.4 Å². The number of hydrogen-bond acceptors (Lipinski definition) is 5. The Bertz CT molecular complexity index is 693. The molecule has 0 unspecified atom stereocenters. The van der Waals surface area contributed by atoms with Crippen molar-refractivity contribution in [2.75, 3.05) is 13.2 Å². The largest absolute Gasteiger partial charge is 0.465 e. The van der Waals surface area contributed by atoms with E-state index in [0.29, 0.717) is 17.2 Å². The first-order valence-corrected chi connectivity index (χ1v) is 8.37. The number of ketones is 1. The third kappa shape index (κ3) is 4.89. The Kier molecular flexibility index (Phi) is 5.95. The van der Waals surface area contributed by atoms with Crippen LogP contribution in [-0.2, 0) is 19.0 Å². The summed E-state index contributed by atoms with van der Waals surface area (Å²) in [7, 11) is 0.